The van der Waals surface area contributed by atoms with Gasteiger partial charge in [-0.1, -0.05) is 36.4 Å². The molecule has 0 aliphatic carbocycles. The van der Waals surface area contributed by atoms with Crippen LogP contribution in [0.4, 0.5) is 10.5 Å². The molecular weight excluding hydrogens is 679 g/mol. The van der Waals surface area contributed by atoms with E-state index in [-0.39, 0.29) is 22.7 Å². The van der Waals surface area contributed by atoms with E-state index in [1.54, 1.807) is 53.6 Å². The Balaban J connectivity index is 1.22. The number of hydrogen-bond donors (Lipinski definition) is 0. The van der Waals surface area contributed by atoms with Crippen LogP contribution >= 0.6 is 0 Å². The molecule has 0 bridgehead atoms. The van der Waals surface area contributed by atoms with Gasteiger partial charge in [0.25, 0.3) is 10.0 Å². The molecular formula is C40H41N5O6S. The van der Waals surface area contributed by atoms with Crippen LogP contribution in [-0.4, -0.2) is 79.5 Å². The molecule has 12 heteroatoms. The minimum absolute atomic E-state index is 0.149. The average Bonchev–Trinajstić information content (AvgIpc) is 3.56. The monoisotopic (exact) mass is 719 g/mol. The number of piperidine rings is 1. The summed E-state index contributed by atoms with van der Waals surface area (Å²) < 4.78 is 47.3. The van der Waals surface area contributed by atoms with Gasteiger partial charge >= 0.3 is 6.09 Å². The fraction of sp³-hybridized carbons (Fsp3) is 0.325. The van der Waals surface area contributed by atoms with E-state index in [2.05, 4.69) is 16.0 Å². The van der Waals surface area contributed by atoms with E-state index in [0.29, 0.717) is 61.5 Å². The summed E-state index contributed by atoms with van der Waals surface area (Å²) in [5, 5.41) is 10.8. The molecule has 4 heterocycles. The van der Waals surface area contributed by atoms with E-state index in [4.69, 9.17) is 14.2 Å². The second-order valence-corrected chi connectivity index (χ2v) is 15.7. The van der Waals surface area contributed by atoms with Gasteiger partial charge in [-0.2, -0.15) is 5.26 Å². The number of carbonyl (C=O) groups is 1. The molecule has 0 N–H and O–H groups in total. The summed E-state index contributed by atoms with van der Waals surface area (Å²) in [7, 11) is -4.06. The van der Waals surface area contributed by atoms with E-state index in [0.717, 1.165) is 35.5 Å². The molecule has 5 aromatic rings. The summed E-state index contributed by atoms with van der Waals surface area (Å²) in [5.41, 5.74) is 3.76. The van der Waals surface area contributed by atoms with Crippen molar-refractivity contribution in [1.29, 1.82) is 5.26 Å². The van der Waals surface area contributed by atoms with Gasteiger partial charge in [-0.05, 0) is 86.0 Å². The van der Waals surface area contributed by atoms with Crippen LogP contribution in [0.1, 0.15) is 39.2 Å². The largest absolute Gasteiger partial charge is 0.489 e. The molecule has 0 atom stereocenters. The molecule has 7 rings (SSSR count). The van der Waals surface area contributed by atoms with Crippen LogP contribution in [0.5, 0.6) is 5.75 Å². The second-order valence-electron chi connectivity index (χ2n) is 14.0. The number of nitrogens with zero attached hydrogens (tertiary/aromatic N) is 5. The average molecular weight is 720 g/mol. The molecule has 3 aromatic carbocycles. The lowest BCUT2D eigenvalue weighted by molar-refractivity contribution is 0.0126. The normalized spacial score (nSPS) is 15.7. The fourth-order valence-electron chi connectivity index (χ4n) is 6.68. The molecule has 0 radical (unpaired) electrons. The zero-order valence-electron chi connectivity index (χ0n) is 29.5. The van der Waals surface area contributed by atoms with Gasteiger partial charge in [0, 0.05) is 56.3 Å². The Kier molecular flexibility index (Phi) is 9.65. The Morgan fingerprint density at radius 2 is 1.60 bits per heavy atom. The van der Waals surface area contributed by atoms with Crippen LogP contribution in [0, 0.1) is 11.3 Å². The molecule has 2 aliphatic rings. The lowest BCUT2D eigenvalue weighted by Gasteiger charge is -2.33. The van der Waals surface area contributed by atoms with Crippen molar-refractivity contribution in [2.45, 2.75) is 50.2 Å². The molecule has 0 saturated carbocycles. The Bertz CT molecular complexity index is 2230. The van der Waals surface area contributed by atoms with Crippen molar-refractivity contribution < 1.29 is 27.4 Å². The smallest absolute Gasteiger partial charge is 0.410 e. The molecule has 268 valence electrons. The molecule has 2 fully saturated rings. The number of likely N-dealkylation sites (tertiary alicyclic amines) is 1. The van der Waals surface area contributed by atoms with E-state index in [9.17, 15) is 18.5 Å². The van der Waals surface area contributed by atoms with Crippen LogP contribution in [0.3, 0.4) is 0 Å². The predicted octanol–water partition coefficient (Wildman–Crippen LogP) is 7.09. The quantitative estimate of drug-likeness (QED) is 0.173. The second kappa shape index (κ2) is 14.3. The number of aromatic nitrogens is 2. The molecule has 2 aromatic heterocycles. The molecule has 0 spiro atoms. The summed E-state index contributed by atoms with van der Waals surface area (Å²) in [6.07, 6.45) is 2.30. The molecule has 2 aliphatic heterocycles. The minimum atomic E-state index is -4.06. The van der Waals surface area contributed by atoms with E-state index in [1.165, 1.54) is 3.97 Å². The highest BCUT2D eigenvalue weighted by molar-refractivity contribution is 7.90. The maximum atomic E-state index is 14.3. The predicted molar refractivity (Wildman–Crippen MR) is 199 cm³/mol. The number of hydrogen-bond acceptors (Lipinski definition) is 9. The SMILES string of the molecule is CC(C)(C)OC(=O)N1CCC(Oc2ccc(-c3ccnc4c3cc(-c3ccc(N5CCOCC5)cc3)n4S(=O)(=O)c3ccccc3)cc2C#N)CC1. The Labute approximate surface area is 304 Å². The maximum absolute atomic E-state index is 14.3. The third-order valence-corrected chi connectivity index (χ3v) is 11.0. The molecule has 52 heavy (non-hydrogen) atoms. The first-order chi connectivity index (χ1) is 25.0. The van der Waals surface area contributed by atoms with Gasteiger partial charge in [0.15, 0.2) is 5.65 Å². The summed E-state index contributed by atoms with van der Waals surface area (Å²) in [5.74, 6) is 0.456. The Hall–Kier alpha value is -5.38. The van der Waals surface area contributed by atoms with Gasteiger partial charge in [0.05, 0.1) is 29.4 Å². The van der Waals surface area contributed by atoms with Crippen molar-refractivity contribution >= 4 is 32.8 Å². The number of ether oxygens (including phenoxy) is 3. The third-order valence-electron chi connectivity index (χ3n) is 9.28. The third kappa shape index (κ3) is 7.20. The zero-order valence-corrected chi connectivity index (χ0v) is 30.3. The number of anilines is 1. The molecule has 11 nitrogen and oxygen atoms in total. The minimum Gasteiger partial charge on any atom is -0.489 e. The first kappa shape index (κ1) is 35.0. The highest BCUT2D eigenvalue weighted by atomic mass is 32.2. The van der Waals surface area contributed by atoms with Crippen LogP contribution in [-0.2, 0) is 19.5 Å². The van der Waals surface area contributed by atoms with E-state index >= 15 is 0 Å². The summed E-state index contributed by atoms with van der Waals surface area (Å²) in [6, 6.07) is 27.6. The van der Waals surface area contributed by atoms with Gasteiger partial charge in [-0.3, -0.25) is 0 Å². The lowest BCUT2D eigenvalue weighted by atomic mass is 10.0. The summed E-state index contributed by atoms with van der Waals surface area (Å²) >= 11 is 0. The first-order valence-corrected chi connectivity index (χ1v) is 18.9. The molecule has 1 amide bonds. The number of nitriles is 1. The van der Waals surface area contributed by atoms with Gasteiger partial charge in [0.1, 0.15) is 23.5 Å². The van der Waals surface area contributed by atoms with Crippen LogP contribution in [0.2, 0.25) is 0 Å². The number of morpholine rings is 1. The summed E-state index contributed by atoms with van der Waals surface area (Å²) in [6.45, 7) is 9.43. The first-order valence-electron chi connectivity index (χ1n) is 17.5. The van der Waals surface area contributed by atoms with Crippen molar-refractivity contribution in [3.05, 3.63) is 96.7 Å². The number of amides is 1. The summed E-state index contributed by atoms with van der Waals surface area (Å²) in [4.78, 5) is 21.2. The number of carbonyl (C=O) groups excluding carboxylic acids is 1. The van der Waals surface area contributed by atoms with Gasteiger partial charge < -0.3 is 24.0 Å². The van der Waals surface area contributed by atoms with E-state index in [1.807, 2.05) is 63.2 Å². The van der Waals surface area contributed by atoms with Gasteiger partial charge in [0.2, 0.25) is 0 Å². The topological polar surface area (TPSA) is 127 Å². The zero-order chi connectivity index (χ0) is 36.5. The fourth-order valence-corrected chi connectivity index (χ4v) is 8.19. The highest BCUT2D eigenvalue weighted by Crippen LogP contribution is 2.38. The van der Waals surface area contributed by atoms with Gasteiger partial charge in [-0.25, -0.2) is 22.2 Å². The number of rotatable bonds is 7. The Morgan fingerprint density at radius 3 is 2.27 bits per heavy atom. The van der Waals surface area contributed by atoms with Crippen LogP contribution in [0.25, 0.3) is 33.4 Å². The molecule has 2 saturated heterocycles. The van der Waals surface area contributed by atoms with Crippen LogP contribution in [0.15, 0.2) is 96.0 Å². The number of fused-ring (bicyclic) bond motifs is 1. The Morgan fingerprint density at radius 1 is 0.904 bits per heavy atom. The van der Waals surface area contributed by atoms with Crippen molar-refractivity contribution in [1.82, 2.24) is 13.9 Å². The van der Waals surface area contributed by atoms with Crippen molar-refractivity contribution in [3.63, 3.8) is 0 Å². The number of pyridine rings is 1. The van der Waals surface area contributed by atoms with E-state index < -0.39 is 15.6 Å². The van der Waals surface area contributed by atoms with Crippen molar-refractivity contribution in [2.24, 2.45) is 0 Å². The van der Waals surface area contributed by atoms with Crippen LogP contribution < -0.4 is 9.64 Å². The van der Waals surface area contributed by atoms with Crippen molar-refractivity contribution in [3.8, 4) is 34.2 Å². The molecule has 0 unspecified atom stereocenters. The standard InChI is InChI=1S/C40H41N5O6S/c1-40(2,3)51-39(46)44-19-16-32(17-20-44)50-37-14-11-29(25-30(37)27-41)34-15-18-42-38-35(34)26-36(45(38)52(47,48)33-7-5-4-6-8-33)28-9-12-31(13-10-28)43-21-23-49-24-22-43/h4-15,18,25-26,32H,16-17,19-24H2,1-3H3. The van der Waals surface area contributed by atoms with Crippen molar-refractivity contribution in [2.75, 3.05) is 44.3 Å². The number of benzene rings is 3. The lowest BCUT2D eigenvalue weighted by Crippen LogP contribution is -2.44. The highest BCUT2D eigenvalue weighted by Gasteiger charge is 2.29. The van der Waals surface area contributed by atoms with Gasteiger partial charge in [-0.15, -0.1) is 0 Å². The maximum Gasteiger partial charge on any atom is 0.410 e.